The number of carbonyl (C=O) groups is 3. The lowest BCUT2D eigenvalue weighted by molar-refractivity contribution is -0.134. The Morgan fingerprint density at radius 3 is 2.57 bits per heavy atom. The van der Waals surface area contributed by atoms with E-state index in [0.29, 0.717) is 13.0 Å². The van der Waals surface area contributed by atoms with Crippen LogP contribution >= 0.6 is 11.8 Å². The fourth-order valence-corrected chi connectivity index (χ4v) is 4.41. The van der Waals surface area contributed by atoms with Crippen molar-refractivity contribution in [3.05, 3.63) is 0 Å². The minimum absolute atomic E-state index is 0.0159. The lowest BCUT2D eigenvalue weighted by atomic mass is 9.94. The van der Waals surface area contributed by atoms with Crippen LogP contribution in [0.5, 0.6) is 0 Å². The summed E-state index contributed by atoms with van der Waals surface area (Å²) in [6.07, 6.45) is 1.96. The number of hydrogen-bond acceptors (Lipinski definition) is 5. The molecule has 0 aromatic heterocycles. The van der Waals surface area contributed by atoms with Gasteiger partial charge in [-0.2, -0.15) is 0 Å². The van der Waals surface area contributed by atoms with Gasteiger partial charge in [0.2, 0.25) is 17.7 Å². The van der Waals surface area contributed by atoms with Gasteiger partial charge in [0.1, 0.15) is 0 Å². The topological polar surface area (TPSA) is 90.5 Å². The third-order valence-electron chi connectivity index (χ3n) is 4.29. The zero-order valence-electron chi connectivity index (χ0n) is 13.9. The van der Waals surface area contributed by atoms with Crippen LogP contribution in [0.3, 0.4) is 0 Å². The SMILES string of the molecule is CC(=O)NC1CC(C(=O)NC2SCCC2C(=O)N(C)C)CCN1. The van der Waals surface area contributed by atoms with Crippen LogP contribution in [0.2, 0.25) is 0 Å². The smallest absolute Gasteiger partial charge is 0.228 e. The molecule has 4 atom stereocenters. The Kier molecular flexibility index (Phi) is 6.29. The Balaban J connectivity index is 1.90. The highest BCUT2D eigenvalue weighted by atomic mass is 32.2. The quantitative estimate of drug-likeness (QED) is 0.654. The normalized spacial score (nSPS) is 30.6. The summed E-state index contributed by atoms with van der Waals surface area (Å²) in [4.78, 5) is 37.5. The van der Waals surface area contributed by atoms with Crippen LogP contribution < -0.4 is 16.0 Å². The van der Waals surface area contributed by atoms with E-state index in [2.05, 4.69) is 16.0 Å². The highest BCUT2D eigenvalue weighted by molar-refractivity contribution is 8.00. The van der Waals surface area contributed by atoms with E-state index in [1.165, 1.54) is 6.92 Å². The van der Waals surface area contributed by atoms with Crippen LogP contribution in [-0.2, 0) is 14.4 Å². The first-order valence-electron chi connectivity index (χ1n) is 8.02. The second-order valence-corrected chi connectivity index (χ2v) is 7.61. The molecule has 23 heavy (non-hydrogen) atoms. The Morgan fingerprint density at radius 1 is 1.17 bits per heavy atom. The maximum absolute atomic E-state index is 12.5. The molecule has 0 bridgehead atoms. The molecule has 2 fully saturated rings. The standard InChI is InChI=1S/C15H26N4O3S/c1-9(20)17-12-8-10(4-6-16-12)13(21)18-14-11(5-7-23-14)15(22)19(2)3/h10-12,14,16H,4-8H2,1-3H3,(H,17,20)(H,18,21). The zero-order chi connectivity index (χ0) is 17.0. The number of amides is 3. The number of hydrogen-bond donors (Lipinski definition) is 3. The van der Waals surface area contributed by atoms with Crippen molar-refractivity contribution in [1.29, 1.82) is 0 Å². The third-order valence-corrected chi connectivity index (χ3v) is 5.56. The summed E-state index contributed by atoms with van der Waals surface area (Å²) in [7, 11) is 3.49. The van der Waals surface area contributed by atoms with Gasteiger partial charge in [-0.25, -0.2) is 0 Å². The lowest BCUT2D eigenvalue weighted by Crippen LogP contribution is -2.53. The largest absolute Gasteiger partial charge is 0.348 e. The van der Waals surface area contributed by atoms with Crippen molar-refractivity contribution in [3.63, 3.8) is 0 Å². The Bertz CT molecular complexity index is 472. The summed E-state index contributed by atoms with van der Waals surface area (Å²) in [6, 6.07) is 0. The number of nitrogens with zero attached hydrogens (tertiary/aromatic N) is 1. The molecular weight excluding hydrogens is 316 g/mol. The van der Waals surface area contributed by atoms with Gasteiger partial charge in [0.15, 0.2) is 0 Å². The van der Waals surface area contributed by atoms with Gasteiger partial charge in [0.05, 0.1) is 17.5 Å². The van der Waals surface area contributed by atoms with Crippen molar-refractivity contribution in [2.45, 2.75) is 37.7 Å². The maximum Gasteiger partial charge on any atom is 0.228 e. The van der Waals surface area contributed by atoms with Gasteiger partial charge in [-0.3, -0.25) is 19.7 Å². The highest BCUT2D eigenvalue weighted by Crippen LogP contribution is 2.32. The van der Waals surface area contributed by atoms with Crippen molar-refractivity contribution in [1.82, 2.24) is 20.9 Å². The Hall–Kier alpha value is -1.28. The van der Waals surface area contributed by atoms with Gasteiger partial charge >= 0.3 is 0 Å². The molecule has 2 aliphatic rings. The molecule has 8 heteroatoms. The van der Waals surface area contributed by atoms with Crippen molar-refractivity contribution >= 4 is 29.5 Å². The molecule has 0 saturated carbocycles. The van der Waals surface area contributed by atoms with E-state index in [1.807, 2.05) is 0 Å². The first-order chi connectivity index (χ1) is 10.9. The summed E-state index contributed by atoms with van der Waals surface area (Å²) < 4.78 is 0. The molecular formula is C15H26N4O3S. The average molecular weight is 342 g/mol. The number of piperidine rings is 1. The predicted molar refractivity (Wildman–Crippen MR) is 89.5 cm³/mol. The van der Waals surface area contributed by atoms with Gasteiger partial charge in [-0.1, -0.05) is 0 Å². The zero-order valence-corrected chi connectivity index (χ0v) is 14.7. The molecule has 0 spiro atoms. The average Bonchev–Trinajstić information content (AvgIpc) is 2.93. The van der Waals surface area contributed by atoms with E-state index in [4.69, 9.17) is 0 Å². The number of thioether (sulfide) groups is 1. The molecule has 130 valence electrons. The van der Waals surface area contributed by atoms with Crippen molar-refractivity contribution < 1.29 is 14.4 Å². The van der Waals surface area contributed by atoms with E-state index in [1.54, 1.807) is 30.8 Å². The first kappa shape index (κ1) is 18.1. The van der Waals surface area contributed by atoms with E-state index >= 15 is 0 Å². The second kappa shape index (κ2) is 8.01. The van der Waals surface area contributed by atoms with Crippen LogP contribution in [0.15, 0.2) is 0 Å². The molecule has 3 amide bonds. The molecule has 0 radical (unpaired) electrons. The fraction of sp³-hybridized carbons (Fsp3) is 0.800. The molecule has 0 aromatic carbocycles. The van der Waals surface area contributed by atoms with Crippen LogP contribution in [0.4, 0.5) is 0 Å². The number of rotatable bonds is 4. The molecule has 2 heterocycles. The summed E-state index contributed by atoms with van der Waals surface area (Å²) >= 11 is 1.64. The Labute approximate surface area is 141 Å². The monoisotopic (exact) mass is 342 g/mol. The summed E-state index contributed by atoms with van der Waals surface area (Å²) in [6.45, 7) is 2.17. The molecule has 3 N–H and O–H groups in total. The van der Waals surface area contributed by atoms with E-state index in [-0.39, 0.29) is 41.1 Å². The maximum atomic E-state index is 12.5. The highest BCUT2D eigenvalue weighted by Gasteiger charge is 2.37. The van der Waals surface area contributed by atoms with Crippen LogP contribution in [0, 0.1) is 11.8 Å². The van der Waals surface area contributed by atoms with Gasteiger partial charge in [0.25, 0.3) is 0 Å². The van der Waals surface area contributed by atoms with E-state index in [0.717, 1.165) is 18.6 Å². The summed E-state index contributed by atoms with van der Waals surface area (Å²) in [5, 5.41) is 8.90. The van der Waals surface area contributed by atoms with Crippen molar-refractivity contribution in [3.8, 4) is 0 Å². The van der Waals surface area contributed by atoms with Crippen molar-refractivity contribution in [2.24, 2.45) is 11.8 Å². The third kappa shape index (κ3) is 4.84. The fourth-order valence-electron chi connectivity index (χ4n) is 3.09. The predicted octanol–water partition coefficient (Wildman–Crippen LogP) is -0.268. The molecule has 2 saturated heterocycles. The molecule has 0 aromatic rings. The van der Waals surface area contributed by atoms with Crippen LogP contribution in [0.1, 0.15) is 26.2 Å². The minimum Gasteiger partial charge on any atom is -0.348 e. The van der Waals surface area contributed by atoms with Gasteiger partial charge in [-0.15, -0.1) is 11.8 Å². The van der Waals surface area contributed by atoms with Gasteiger partial charge in [0, 0.05) is 26.9 Å². The number of carbonyl (C=O) groups excluding carboxylic acids is 3. The van der Waals surface area contributed by atoms with Gasteiger partial charge < -0.3 is 15.5 Å². The van der Waals surface area contributed by atoms with Gasteiger partial charge in [-0.05, 0) is 31.6 Å². The lowest BCUT2D eigenvalue weighted by Gasteiger charge is -2.31. The molecule has 2 aliphatic heterocycles. The first-order valence-corrected chi connectivity index (χ1v) is 9.07. The summed E-state index contributed by atoms with van der Waals surface area (Å²) in [5.74, 6) is 0.554. The van der Waals surface area contributed by atoms with Crippen LogP contribution in [-0.4, -0.2) is 60.6 Å². The summed E-state index contributed by atoms with van der Waals surface area (Å²) in [5.41, 5.74) is 0. The van der Waals surface area contributed by atoms with Crippen LogP contribution in [0.25, 0.3) is 0 Å². The van der Waals surface area contributed by atoms with E-state index in [9.17, 15) is 14.4 Å². The molecule has 4 unspecified atom stereocenters. The van der Waals surface area contributed by atoms with Crippen molar-refractivity contribution in [2.75, 3.05) is 26.4 Å². The number of nitrogens with one attached hydrogen (secondary N) is 3. The van der Waals surface area contributed by atoms with E-state index < -0.39 is 0 Å². The molecule has 0 aliphatic carbocycles. The minimum atomic E-state index is -0.160. The second-order valence-electron chi connectivity index (χ2n) is 6.36. The molecule has 2 rings (SSSR count). The Morgan fingerprint density at radius 2 is 1.91 bits per heavy atom. The molecule has 7 nitrogen and oxygen atoms in total.